The molecule has 3 N–H and O–H groups in total. The van der Waals surface area contributed by atoms with E-state index in [4.69, 9.17) is 21.4 Å². The number of benzene rings is 2. The monoisotopic (exact) mass is 465 g/mol. The molecule has 1 aliphatic rings. The van der Waals surface area contributed by atoms with Crippen LogP contribution in [-0.2, 0) is 14.3 Å². The molecule has 0 bridgehead atoms. The van der Waals surface area contributed by atoms with Crippen molar-refractivity contribution >= 4 is 35.4 Å². The molecule has 3 aromatic rings. The molecular formula is C24H20ClN3O5. The fourth-order valence-electron chi connectivity index (χ4n) is 3.86. The molecular weight excluding hydrogens is 446 g/mol. The third-order valence-electron chi connectivity index (χ3n) is 5.30. The summed E-state index contributed by atoms with van der Waals surface area (Å²) in [7, 11) is 0. The van der Waals surface area contributed by atoms with Gasteiger partial charge in [-0.2, -0.15) is 0 Å². The Balaban J connectivity index is 1.43. The summed E-state index contributed by atoms with van der Waals surface area (Å²) in [5.41, 5.74) is 4.25. The number of carbonyl (C=O) groups excluding carboxylic acids is 2. The standard InChI is InChI=1S/C24H20ClN3O5/c25-20-10-5-11-21(27-20)28-23(31)19(12-22(29)30)26-24(32)33-13-18-16-8-3-1-6-14(16)15-7-2-4-9-17(15)18/h1-11,18-19H,12-13H2,(H,26,32)(H,29,30)(H,27,28,31). The topological polar surface area (TPSA) is 118 Å². The fraction of sp³-hybridized carbons (Fsp3) is 0.167. The van der Waals surface area contributed by atoms with Gasteiger partial charge in [-0.15, -0.1) is 0 Å². The lowest BCUT2D eigenvalue weighted by molar-refractivity contribution is -0.139. The van der Waals surface area contributed by atoms with Gasteiger partial charge >= 0.3 is 12.1 Å². The number of ether oxygens (including phenoxy) is 1. The van der Waals surface area contributed by atoms with Crippen LogP contribution in [-0.4, -0.2) is 40.7 Å². The Morgan fingerprint density at radius 1 is 0.970 bits per heavy atom. The van der Waals surface area contributed by atoms with Crippen LogP contribution in [0.25, 0.3) is 11.1 Å². The molecule has 1 atom stereocenters. The van der Waals surface area contributed by atoms with Gasteiger partial charge in [-0.3, -0.25) is 9.59 Å². The van der Waals surface area contributed by atoms with Crippen LogP contribution >= 0.6 is 11.6 Å². The van der Waals surface area contributed by atoms with Gasteiger partial charge in [0.15, 0.2) is 0 Å². The van der Waals surface area contributed by atoms with Crippen molar-refractivity contribution in [3.8, 4) is 11.1 Å². The first-order valence-electron chi connectivity index (χ1n) is 10.2. The SMILES string of the molecule is O=C(O)CC(NC(=O)OCC1c2ccccc2-c2ccccc21)C(=O)Nc1cccc(Cl)n1. The van der Waals surface area contributed by atoms with Gasteiger partial charge in [0.05, 0.1) is 6.42 Å². The molecule has 0 fully saturated rings. The number of hydrogen-bond acceptors (Lipinski definition) is 5. The van der Waals surface area contributed by atoms with Gasteiger partial charge in [0, 0.05) is 5.92 Å². The van der Waals surface area contributed by atoms with E-state index in [1.165, 1.54) is 12.1 Å². The van der Waals surface area contributed by atoms with Crippen LogP contribution in [0.5, 0.6) is 0 Å². The number of amides is 2. The molecule has 2 amide bonds. The molecule has 0 aliphatic heterocycles. The molecule has 1 aliphatic carbocycles. The number of carbonyl (C=O) groups is 3. The van der Waals surface area contributed by atoms with Crippen molar-refractivity contribution in [2.45, 2.75) is 18.4 Å². The van der Waals surface area contributed by atoms with E-state index < -0.39 is 30.4 Å². The smallest absolute Gasteiger partial charge is 0.407 e. The summed E-state index contributed by atoms with van der Waals surface area (Å²) in [4.78, 5) is 40.2. The number of anilines is 1. The highest BCUT2D eigenvalue weighted by molar-refractivity contribution is 6.29. The number of carboxylic acid groups (broad SMARTS) is 1. The Hall–Kier alpha value is -3.91. The molecule has 0 spiro atoms. The molecule has 33 heavy (non-hydrogen) atoms. The predicted octanol–water partition coefficient (Wildman–Crippen LogP) is 4.06. The third-order valence-corrected chi connectivity index (χ3v) is 5.51. The number of aliphatic carboxylic acids is 1. The lowest BCUT2D eigenvalue weighted by Gasteiger charge is -2.18. The van der Waals surface area contributed by atoms with E-state index in [9.17, 15) is 14.4 Å². The van der Waals surface area contributed by atoms with Crippen molar-refractivity contribution in [1.82, 2.24) is 10.3 Å². The van der Waals surface area contributed by atoms with Crippen LogP contribution in [0.3, 0.4) is 0 Å². The number of rotatable bonds is 7. The van der Waals surface area contributed by atoms with Crippen molar-refractivity contribution in [3.05, 3.63) is 83.0 Å². The second kappa shape index (κ2) is 9.70. The van der Waals surface area contributed by atoms with Gasteiger partial charge in [0.2, 0.25) is 5.91 Å². The van der Waals surface area contributed by atoms with Gasteiger partial charge in [-0.25, -0.2) is 9.78 Å². The molecule has 0 saturated heterocycles. The largest absolute Gasteiger partial charge is 0.481 e. The number of aromatic nitrogens is 1. The van der Waals surface area contributed by atoms with E-state index >= 15 is 0 Å². The van der Waals surface area contributed by atoms with Crippen LogP contribution < -0.4 is 10.6 Å². The maximum atomic E-state index is 12.6. The number of hydrogen-bond donors (Lipinski definition) is 3. The van der Waals surface area contributed by atoms with Gasteiger partial charge in [0.1, 0.15) is 23.6 Å². The van der Waals surface area contributed by atoms with Crippen LogP contribution in [0, 0.1) is 0 Å². The number of alkyl carbamates (subject to hydrolysis) is 1. The summed E-state index contributed by atoms with van der Waals surface area (Å²) in [6, 6.07) is 19.0. The van der Waals surface area contributed by atoms with E-state index in [1.807, 2.05) is 48.5 Å². The Kier molecular flexibility index (Phi) is 6.55. The number of fused-ring (bicyclic) bond motifs is 3. The lowest BCUT2D eigenvalue weighted by atomic mass is 9.98. The molecule has 9 heteroatoms. The molecule has 1 heterocycles. The van der Waals surface area contributed by atoms with Crippen molar-refractivity contribution in [3.63, 3.8) is 0 Å². The average molecular weight is 466 g/mol. The second-order valence-corrected chi connectivity index (χ2v) is 7.84. The Labute approximate surface area is 194 Å². The van der Waals surface area contributed by atoms with Crippen molar-refractivity contribution < 1.29 is 24.2 Å². The number of pyridine rings is 1. The van der Waals surface area contributed by atoms with Gasteiger partial charge in [-0.1, -0.05) is 66.2 Å². The minimum Gasteiger partial charge on any atom is -0.481 e. The predicted molar refractivity (Wildman–Crippen MR) is 122 cm³/mol. The average Bonchev–Trinajstić information content (AvgIpc) is 3.11. The molecule has 2 aromatic carbocycles. The minimum atomic E-state index is -1.36. The van der Waals surface area contributed by atoms with Crippen molar-refractivity contribution in [1.29, 1.82) is 0 Å². The van der Waals surface area contributed by atoms with Gasteiger partial charge in [-0.05, 0) is 34.4 Å². The molecule has 0 radical (unpaired) electrons. The summed E-state index contributed by atoms with van der Waals surface area (Å²) >= 11 is 5.81. The quantitative estimate of drug-likeness (QED) is 0.453. The summed E-state index contributed by atoms with van der Waals surface area (Å²) < 4.78 is 5.41. The van der Waals surface area contributed by atoms with E-state index in [0.29, 0.717) is 0 Å². The number of nitrogens with zero attached hydrogens (tertiary/aromatic N) is 1. The van der Waals surface area contributed by atoms with Gasteiger partial charge in [0.25, 0.3) is 0 Å². The van der Waals surface area contributed by atoms with Crippen LogP contribution in [0.1, 0.15) is 23.5 Å². The maximum absolute atomic E-state index is 12.6. The summed E-state index contributed by atoms with van der Waals surface area (Å²) in [6.45, 7) is 0.0388. The zero-order chi connectivity index (χ0) is 23.4. The van der Waals surface area contributed by atoms with E-state index in [0.717, 1.165) is 22.3 Å². The minimum absolute atomic E-state index is 0.0388. The first kappa shape index (κ1) is 22.3. The molecule has 168 valence electrons. The Morgan fingerprint density at radius 3 is 2.21 bits per heavy atom. The zero-order valence-corrected chi connectivity index (χ0v) is 18.1. The zero-order valence-electron chi connectivity index (χ0n) is 17.3. The summed E-state index contributed by atoms with van der Waals surface area (Å²) in [5.74, 6) is -2.03. The maximum Gasteiger partial charge on any atom is 0.407 e. The fourth-order valence-corrected chi connectivity index (χ4v) is 4.02. The molecule has 4 rings (SSSR count). The molecule has 8 nitrogen and oxygen atoms in total. The second-order valence-electron chi connectivity index (χ2n) is 7.46. The van der Waals surface area contributed by atoms with Gasteiger partial charge < -0.3 is 20.5 Å². The van der Waals surface area contributed by atoms with E-state index in [2.05, 4.69) is 15.6 Å². The van der Waals surface area contributed by atoms with Crippen molar-refractivity contribution in [2.75, 3.05) is 11.9 Å². The van der Waals surface area contributed by atoms with E-state index in [-0.39, 0.29) is 23.5 Å². The summed E-state index contributed by atoms with van der Waals surface area (Å²) in [5, 5.41) is 14.1. The Morgan fingerprint density at radius 2 is 1.61 bits per heavy atom. The normalized spacial score (nSPS) is 12.9. The number of carboxylic acids is 1. The number of nitrogens with one attached hydrogen (secondary N) is 2. The highest BCUT2D eigenvalue weighted by atomic mass is 35.5. The van der Waals surface area contributed by atoms with Crippen LogP contribution in [0.4, 0.5) is 10.6 Å². The highest BCUT2D eigenvalue weighted by Crippen LogP contribution is 2.44. The molecule has 1 aromatic heterocycles. The highest BCUT2D eigenvalue weighted by Gasteiger charge is 2.30. The third kappa shape index (κ3) is 5.12. The first-order valence-corrected chi connectivity index (χ1v) is 10.6. The van der Waals surface area contributed by atoms with E-state index in [1.54, 1.807) is 6.07 Å². The molecule has 0 saturated carbocycles. The van der Waals surface area contributed by atoms with Crippen LogP contribution in [0.15, 0.2) is 66.7 Å². The van der Waals surface area contributed by atoms with Crippen LogP contribution in [0.2, 0.25) is 5.15 Å². The first-order chi connectivity index (χ1) is 15.9. The number of halogens is 1. The Bertz CT molecular complexity index is 1170. The van der Waals surface area contributed by atoms with Crippen molar-refractivity contribution in [2.24, 2.45) is 0 Å². The lowest BCUT2D eigenvalue weighted by Crippen LogP contribution is -2.45. The molecule has 1 unspecified atom stereocenters. The summed E-state index contributed by atoms with van der Waals surface area (Å²) in [6.07, 6.45) is -1.52.